The Balaban J connectivity index is 2.53. The van der Waals surface area contributed by atoms with Crippen molar-refractivity contribution < 1.29 is 23.7 Å². The Morgan fingerprint density at radius 3 is 1.83 bits per heavy atom. The number of methoxy groups -OCH3 is 4. The number of nitrogens with two attached hydrogens (primary N) is 1. The molecule has 0 saturated heterocycles. The van der Waals surface area contributed by atoms with Gasteiger partial charge in [0.05, 0.1) is 28.4 Å². The minimum absolute atomic E-state index is 0.227. The number of carbonyl (C=O) groups is 1. The topological polar surface area (TPSA) is 80.0 Å². The van der Waals surface area contributed by atoms with Crippen LogP contribution in [0.2, 0.25) is 0 Å². The summed E-state index contributed by atoms with van der Waals surface area (Å²) in [5, 5.41) is 0. The number of rotatable bonds is 6. The molecule has 0 fully saturated rings. The van der Waals surface area contributed by atoms with Crippen molar-refractivity contribution in [3.63, 3.8) is 0 Å². The summed E-state index contributed by atoms with van der Waals surface area (Å²) in [7, 11) is 6.01. The number of ether oxygens (including phenoxy) is 4. The first kappa shape index (κ1) is 16.5. The number of carbonyl (C=O) groups excluding carboxylic acids is 1. The monoisotopic (exact) mass is 317 g/mol. The Kier molecular flexibility index (Phi) is 4.95. The quantitative estimate of drug-likeness (QED) is 0.651. The normalized spacial score (nSPS) is 10.1. The fourth-order valence-electron chi connectivity index (χ4n) is 2.25. The maximum atomic E-state index is 12.7. The van der Waals surface area contributed by atoms with Gasteiger partial charge in [-0.05, 0) is 24.3 Å². The zero-order valence-corrected chi connectivity index (χ0v) is 13.5. The molecule has 122 valence electrons. The first-order valence-electron chi connectivity index (χ1n) is 6.83. The lowest BCUT2D eigenvalue weighted by Gasteiger charge is -2.14. The molecule has 0 atom stereocenters. The van der Waals surface area contributed by atoms with E-state index in [-0.39, 0.29) is 5.78 Å². The predicted octanol–water partition coefficient (Wildman–Crippen LogP) is 2.53. The van der Waals surface area contributed by atoms with Crippen molar-refractivity contribution in [3.8, 4) is 23.0 Å². The molecule has 0 radical (unpaired) electrons. The first-order valence-corrected chi connectivity index (χ1v) is 6.83. The summed E-state index contributed by atoms with van der Waals surface area (Å²) in [5.74, 6) is 1.53. The van der Waals surface area contributed by atoms with E-state index in [1.165, 1.54) is 28.4 Å². The van der Waals surface area contributed by atoms with Crippen LogP contribution in [-0.2, 0) is 0 Å². The maximum absolute atomic E-state index is 12.7. The second-order valence-corrected chi connectivity index (χ2v) is 4.74. The molecule has 0 unspecified atom stereocenters. The van der Waals surface area contributed by atoms with E-state index in [4.69, 9.17) is 24.7 Å². The summed E-state index contributed by atoms with van der Waals surface area (Å²) >= 11 is 0. The van der Waals surface area contributed by atoms with Crippen molar-refractivity contribution in [3.05, 3.63) is 41.5 Å². The van der Waals surface area contributed by atoms with Gasteiger partial charge in [-0.2, -0.15) is 0 Å². The molecule has 2 rings (SSSR count). The van der Waals surface area contributed by atoms with Crippen LogP contribution >= 0.6 is 0 Å². The van der Waals surface area contributed by atoms with Gasteiger partial charge in [0.1, 0.15) is 5.75 Å². The summed E-state index contributed by atoms with van der Waals surface area (Å²) in [5.41, 5.74) is 7.06. The summed E-state index contributed by atoms with van der Waals surface area (Å²) in [6, 6.07) is 8.06. The lowest BCUT2D eigenvalue weighted by molar-refractivity contribution is 0.103. The van der Waals surface area contributed by atoms with Gasteiger partial charge in [-0.15, -0.1) is 0 Å². The third-order valence-corrected chi connectivity index (χ3v) is 3.35. The minimum Gasteiger partial charge on any atom is -0.497 e. The first-order chi connectivity index (χ1) is 11.0. The summed E-state index contributed by atoms with van der Waals surface area (Å²) in [6.07, 6.45) is 0. The number of anilines is 1. The average molecular weight is 317 g/mol. The standard InChI is InChI=1S/C17H19NO5/c1-20-13-6-10(5-12(18)9-13)16(19)11-7-14(21-2)17(23-4)15(8-11)22-3/h5-9H,18H2,1-4H3. The van der Waals surface area contributed by atoms with Crippen molar-refractivity contribution in [2.24, 2.45) is 0 Å². The van der Waals surface area contributed by atoms with Crippen LogP contribution in [0.3, 0.4) is 0 Å². The van der Waals surface area contributed by atoms with E-state index in [9.17, 15) is 4.79 Å². The van der Waals surface area contributed by atoms with Crippen molar-refractivity contribution in [2.45, 2.75) is 0 Å². The second-order valence-electron chi connectivity index (χ2n) is 4.74. The highest BCUT2D eigenvalue weighted by atomic mass is 16.5. The number of nitrogen functional groups attached to an aromatic ring is 1. The smallest absolute Gasteiger partial charge is 0.203 e. The molecule has 0 aliphatic carbocycles. The van der Waals surface area contributed by atoms with Crippen molar-refractivity contribution in [2.75, 3.05) is 34.2 Å². The van der Waals surface area contributed by atoms with E-state index in [1.807, 2.05) is 0 Å². The fourth-order valence-corrected chi connectivity index (χ4v) is 2.25. The Bertz CT molecular complexity index is 702. The van der Waals surface area contributed by atoms with Crippen LogP contribution in [0.15, 0.2) is 30.3 Å². The SMILES string of the molecule is COc1cc(N)cc(C(=O)c2cc(OC)c(OC)c(OC)c2)c1. The van der Waals surface area contributed by atoms with Crippen LogP contribution in [-0.4, -0.2) is 34.2 Å². The van der Waals surface area contributed by atoms with E-state index in [0.717, 1.165) is 0 Å². The molecule has 0 heterocycles. The summed E-state index contributed by atoms with van der Waals surface area (Å²) in [6.45, 7) is 0. The lowest BCUT2D eigenvalue weighted by Crippen LogP contribution is -2.05. The number of ketones is 1. The zero-order chi connectivity index (χ0) is 17.0. The Morgan fingerprint density at radius 2 is 1.35 bits per heavy atom. The van der Waals surface area contributed by atoms with Gasteiger partial charge in [-0.3, -0.25) is 4.79 Å². The lowest BCUT2D eigenvalue weighted by atomic mass is 10.0. The molecule has 6 nitrogen and oxygen atoms in total. The summed E-state index contributed by atoms with van der Waals surface area (Å²) < 4.78 is 20.9. The molecule has 0 aliphatic rings. The van der Waals surface area contributed by atoms with E-state index >= 15 is 0 Å². The van der Waals surface area contributed by atoms with Crippen LogP contribution in [0, 0.1) is 0 Å². The van der Waals surface area contributed by atoms with Crippen molar-refractivity contribution in [1.29, 1.82) is 0 Å². The van der Waals surface area contributed by atoms with Crippen LogP contribution < -0.4 is 24.7 Å². The third-order valence-electron chi connectivity index (χ3n) is 3.35. The van der Waals surface area contributed by atoms with Gasteiger partial charge >= 0.3 is 0 Å². The molecule has 0 amide bonds. The predicted molar refractivity (Wildman–Crippen MR) is 86.9 cm³/mol. The molecule has 0 spiro atoms. The molecule has 0 aliphatic heterocycles. The van der Waals surface area contributed by atoms with E-state index in [2.05, 4.69) is 0 Å². The molecule has 0 saturated carbocycles. The van der Waals surface area contributed by atoms with Crippen molar-refractivity contribution >= 4 is 11.5 Å². The van der Waals surface area contributed by atoms with Gasteiger partial charge in [0.15, 0.2) is 17.3 Å². The van der Waals surface area contributed by atoms with Gasteiger partial charge in [0, 0.05) is 22.9 Å². The summed E-state index contributed by atoms with van der Waals surface area (Å²) in [4.78, 5) is 12.7. The third kappa shape index (κ3) is 3.31. The minimum atomic E-state index is -0.227. The number of hydrogen-bond acceptors (Lipinski definition) is 6. The van der Waals surface area contributed by atoms with Crippen LogP contribution in [0.25, 0.3) is 0 Å². The maximum Gasteiger partial charge on any atom is 0.203 e. The largest absolute Gasteiger partial charge is 0.497 e. The van der Waals surface area contributed by atoms with Crippen LogP contribution in [0.5, 0.6) is 23.0 Å². The molecule has 23 heavy (non-hydrogen) atoms. The highest BCUT2D eigenvalue weighted by Crippen LogP contribution is 2.38. The van der Waals surface area contributed by atoms with E-state index in [1.54, 1.807) is 30.3 Å². The molecule has 2 aromatic carbocycles. The molecule has 2 N–H and O–H groups in total. The Labute approximate surface area is 134 Å². The second kappa shape index (κ2) is 6.91. The van der Waals surface area contributed by atoms with E-state index < -0.39 is 0 Å². The highest BCUT2D eigenvalue weighted by molar-refractivity contribution is 6.10. The van der Waals surface area contributed by atoms with Crippen LogP contribution in [0.4, 0.5) is 5.69 Å². The number of hydrogen-bond donors (Lipinski definition) is 1. The van der Waals surface area contributed by atoms with Gasteiger partial charge < -0.3 is 24.7 Å². The number of benzene rings is 2. The molecular weight excluding hydrogens is 298 g/mol. The fraction of sp³-hybridized carbons (Fsp3) is 0.235. The molecule has 0 bridgehead atoms. The molecule has 2 aromatic rings. The Morgan fingerprint density at radius 1 is 0.783 bits per heavy atom. The van der Waals surface area contributed by atoms with Gasteiger partial charge in [0.2, 0.25) is 5.75 Å². The van der Waals surface area contributed by atoms with E-state index in [0.29, 0.717) is 39.8 Å². The Hall–Kier alpha value is -2.89. The highest BCUT2D eigenvalue weighted by Gasteiger charge is 2.18. The van der Waals surface area contributed by atoms with Crippen LogP contribution in [0.1, 0.15) is 15.9 Å². The molecule has 0 aromatic heterocycles. The van der Waals surface area contributed by atoms with Gasteiger partial charge in [-0.25, -0.2) is 0 Å². The van der Waals surface area contributed by atoms with Gasteiger partial charge in [-0.1, -0.05) is 0 Å². The zero-order valence-electron chi connectivity index (χ0n) is 13.5. The molecular formula is C17H19NO5. The van der Waals surface area contributed by atoms with Crippen molar-refractivity contribution in [1.82, 2.24) is 0 Å². The van der Waals surface area contributed by atoms with Gasteiger partial charge in [0.25, 0.3) is 0 Å². The molecule has 6 heteroatoms. The average Bonchev–Trinajstić information content (AvgIpc) is 2.58.